The highest BCUT2D eigenvalue weighted by Crippen LogP contribution is 2.40. The Kier molecular flexibility index (Phi) is 9.64. The summed E-state index contributed by atoms with van der Waals surface area (Å²) in [6.45, 7) is 6.43. The van der Waals surface area contributed by atoms with Gasteiger partial charge in [0.1, 0.15) is 22.9 Å². The number of anilines is 2. The molecule has 1 aliphatic carbocycles. The van der Waals surface area contributed by atoms with Crippen LogP contribution in [0.25, 0.3) is 10.9 Å². The van der Waals surface area contributed by atoms with Crippen LogP contribution in [-0.4, -0.2) is 65.2 Å². The molecule has 1 atom stereocenters. The number of halogens is 3. The van der Waals surface area contributed by atoms with Crippen LogP contribution in [0.2, 0.25) is 5.02 Å². The molecule has 1 aromatic heterocycles. The topological polar surface area (TPSA) is 133 Å². The fraction of sp³-hybridized carbons (Fsp3) is 0.406. The highest BCUT2D eigenvalue weighted by Gasteiger charge is 2.33. The third-order valence-electron chi connectivity index (χ3n) is 8.35. The molecule has 3 aromatic rings. The van der Waals surface area contributed by atoms with Crippen molar-refractivity contribution in [3.05, 3.63) is 80.4 Å². The fourth-order valence-corrected chi connectivity index (χ4v) is 5.94. The molecule has 1 unspecified atom stereocenters. The third-order valence-corrected chi connectivity index (χ3v) is 8.76. The minimum absolute atomic E-state index is 0.00747. The fourth-order valence-electron chi connectivity index (χ4n) is 5.76. The monoisotopic (exact) mass is 642 g/mol. The molecule has 1 saturated carbocycles. The minimum Gasteiger partial charge on any atom is -0.477 e. The number of pyridine rings is 1. The highest BCUT2D eigenvalue weighted by atomic mass is 35.5. The largest absolute Gasteiger partial charge is 0.477 e. The smallest absolute Gasteiger partial charge is 0.341 e. The number of unbranched alkanes of at least 4 members (excludes halogenated alkanes) is 1. The number of carboxylic acids is 1. The van der Waals surface area contributed by atoms with Gasteiger partial charge in [0, 0.05) is 61.2 Å². The molecule has 2 fully saturated rings. The van der Waals surface area contributed by atoms with Crippen molar-refractivity contribution in [3.63, 3.8) is 0 Å². The van der Waals surface area contributed by atoms with E-state index in [0.717, 1.165) is 43.9 Å². The number of piperazine rings is 1. The van der Waals surface area contributed by atoms with Crippen LogP contribution in [0.4, 0.5) is 20.2 Å². The molecule has 240 valence electrons. The molecule has 2 aromatic carbocycles. The Morgan fingerprint density at radius 2 is 1.93 bits per heavy atom. The number of carbonyl (C=O) groups is 2. The number of carboxylic acid groups (broad SMARTS) is 1. The molecule has 5 N–H and O–H groups in total. The van der Waals surface area contributed by atoms with E-state index in [1.54, 1.807) is 11.0 Å². The van der Waals surface area contributed by atoms with Crippen molar-refractivity contribution >= 4 is 45.8 Å². The third kappa shape index (κ3) is 7.23. The summed E-state index contributed by atoms with van der Waals surface area (Å²) in [5.74, 6) is -3.27. The Bertz CT molecular complexity index is 1720. The van der Waals surface area contributed by atoms with Crippen molar-refractivity contribution in [3.8, 4) is 0 Å². The molecular formula is C32H37ClF2N6O4. The lowest BCUT2D eigenvalue weighted by molar-refractivity contribution is -0.116. The normalized spacial score (nSPS) is 17.5. The summed E-state index contributed by atoms with van der Waals surface area (Å²) in [6.07, 6.45) is 5.47. The van der Waals surface area contributed by atoms with Crippen molar-refractivity contribution in [2.45, 2.75) is 51.6 Å². The number of nitrogens with one attached hydrogen (secondary N) is 2. The maximum absolute atomic E-state index is 16.0. The van der Waals surface area contributed by atoms with Crippen LogP contribution in [0, 0.1) is 18.6 Å². The van der Waals surface area contributed by atoms with E-state index in [4.69, 9.17) is 17.3 Å². The lowest BCUT2D eigenvalue weighted by Gasteiger charge is -2.41. The minimum atomic E-state index is -1.42. The molecule has 2 aliphatic rings. The van der Waals surface area contributed by atoms with Gasteiger partial charge in [0.05, 0.1) is 10.9 Å². The Hall–Kier alpha value is -4.16. The molecule has 0 radical (unpaired) electrons. The van der Waals surface area contributed by atoms with E-state index in [1.807, 2.05) is 26.0 Å². The van der Waals surface area contributed by atoms with Gasteiger partial charge >= 0.3 is 5.97 Å². The SMILES string of the molecule is Cc1ccc(N/C(N)=C/C(=O)NCCCCN2CCN(c3c(F)cc4c(=O)c(C(=O)O)cn(C5CC5)c4c3F)CC2C)cc1Cl. The number of amides is 1. The van der Waals surface area contributed by atoms with E-state index >= 15 is 8.78 Å². The van der Waals surface area contributed by atoms with E-state index in [2.05, 4.69) is 15.5 Å². The second kappa shape index (κ2) is 13.5. The van der Waals surface area contributed by atoms with Crippen molar-refractivity contribution in [2.24, 2.45) is 5.73 Å². The average molecular weight is 643 g/mol. The molecular weight excluding hydrogens is 606 g/mol. The van der Waals surface area contributed by atoms with E-state index in [9.17, 15) is 19.5 Å². The first-order valence-corrected chi connectivity index (χ1v) is 15.4. The number of carbonyl (C=O) groups excluding carboxylic acids is 1. The Morgan fingerprint density at radius 3 is 2.60 bits per heavy atom. The van der Waals surface area contributed by atoms with Crippen LogP contribution < -0.4 is 26.7 Å². The first-order chi connectivity index (χ1) is 21.4. The number of aromatic carboxylic acids is 1. The first kappa shape index (κ1) is 32.2. The van der Waals surface area contributed by atoms with E-state index in [-0.39, 0.29) is 40.4 Å². The number of aryl methyl sites for hydroxylation is 1. The van der Waals surface area contributed by atoms with Crippen molar-refractivity contribution in [1.29, 1.82) is 0 Å². The quantitative estimate of drug-likeness (QED) is 0.176. The summed E-state index contributed by atoms with van der Waals surface area (Å²) >= 11 is 6.13. The summed E-state index contributed by atoms with van der Waals surface area (Å²) in [4.78, 5) is 40.6. The maximum atomic E-state index is 16.0. The van der Waals surface area contributed by atoms with Crippen molar-refractivity contribution in [2.75, 3.05) is 42.9 Å². The van der Waals surface area contributed by atoms with Gasteiger partial charge in [-0.1, -0.05) is 17.7 Å². The molecule has 5 rings (SSSR count). The van der Waals surface area contributed by atoms with Gasteiger partial charge in [0.15, 0.2) is 5.82 Å². The number of rotatable bonds is 11. The zero-order chi connectivity index (χ0) is 32.4. The molecule has 0 spiro atoms. The summed E-state index contributed by atoms with van der Waals surface area (Å²) in [7, 11) is 0. The van der Waals surface area contributed by atoms with Crippen LogP contribution in [0.5, 0.6) is 0 Å². The van der Waals surface area contributed by atoms with Crippen LogP contribution in [0.1, 0.15) is 54.6 Å². The van der Waals surface area contributed by atoms with E-state index in [0.29, 0.717) is 36.9 Å². The molecule has 10 nitrogen and oxygen atoms in total. The van der Waals surface area contributed by atoms with Crippen molar-refractivity contribution in [1.82, 2.24) is 14.8 Å². The van der Waals surface area contributed by atoms with Gasteiger partial charge in [-0.3, -0.25) is 14.5 Å². The molecule has 45 heavy (non-hydrogen) atoms. The average Bonchev–Trinajstić information content (AvgIpc) is 3.82. The van der Waals surface area contributed by atoms with E-state index < -0.39 is 28.6 Å². The lowest BCUT2D eigenvalue weighted by Crippen LogP contribution is -2.52. The number of nitrogens with two attached hydrogens (primary N) is 1. The molecule has 1 saturated heterocycles. The Morgan fingerprint density at radius 1 is 1.18 bits per heavy atom. The molecule has 13 heteroatoms. The van der Waals surface area contributed by atoms with Gasteiger partial charge in [-0.2, -0.15) is 0 Å². The highest BCUT2D eigenvalue weighted by molar-refractivity contribution is 6.31. The number of aromatic nitrogens is 1. The number of nitrogens with zero attached hydrogens (tertiary/aromatic N) is 3. The van der Waals surface area contributed by atoms with Gasteiger partial charge in [-0.15, -0.1) is 0 Å². The van der Waals surface area contributed by atoms with Gasteiger partial charge in [-0.25, -0.2) is 13.6 Å². The predicted molar refractivity (Wildman–Crippen MR) is 171 cm³/mol. The van der Waals surface area contributed by atoms with Crippen molar-refractivity contribution < 1.29 is 23.5 Å². The zero-order valence-corrected chi connectivity index (χ0v) is 26.0. The molecule has 2 heterocycles. The number of hydrogen-bond donors (Lipinski definition) is 4. The van der Waals surface area contributed by atoms with Gasteiger partial charge in [0.2, 0.25) is 11.3 Å². The second-order valence-electron chi connectivity index (χ2n) is 11.8. The zero-order valence-electron chi connectivity index (χ0n) is 25.2. The van der Waals surface area contributed by atoms with Gasteiger partial charge in [-0.05, 0) is 69.8 Å². The maximum Gasteiger partial charge on any atom is 0.341 e. The summed E-state index contributed by atoms with van der Waals surface area (Å²) in [5, 5.41) is 15.6. The summed E-state index contributed by atoms with van der Waals surface area (Å²) in [5.41, 5.74) is 5.92. The predicted octanol–water partition coefficient (Wildman–Crippen LogP) is 4.59. The van der Waals surface area contributed by atoms with Crippen LogP contribution in [0.3, 0.4) is 0 Å². The number of hydrogen-bond acceptors (Lipinski definition) is 7. The molecule has 0 bridgehead atoms. The second-order valence-corrected chi connectivity index (χ2v) is 12.2. The summed E-state index contributed by atoms with van der Waals surface area (Å²) < 4.78 is 32.9. The summed E-state index contributed by atoms with van der Waals surface area (Å²) in [6, 6.07) is 6.25. The Balaban J connectivity index is 1.14. The van der Waals surface area contributed by atoms with Crippen LogP contribution in [-0.2, 0) is 4.79 Å². The standard InChI is InChI=1S/C32H37ClF2N6O4/c1-18-5-6-20(13-24(18)33)38-26(36)15-27(42)37-9-3-4-10-39-11-12-40(16-19(39)2)30-25(34)14-22-29(28(30)35)41(21-7-8-21)17-23(31(22)43)32(44)45/h5-6,13-15,17,19,21,38H,3-4,7-12,16,36H2,1-2H3,(H,37,42)(H,44,45)/b26-15+. The van der Waals surface area contributed by atoms with Gasteiger partial charge in [0.25, 0.3) is 0 Å². The molecule has 1 amide bonds. The van der Waals surface area contributed by atoms with Gasteiger partial charge < -0.3 is 30.9 Å². The van der Waals surface area contributed by atoms with Crippen LogP contribution in [0.15, 0.2) is 47.2 Å². The Labute approximate surface area is 264 Å². The first-order valence-electron chi connectivity index (χ1n) is 15.0. The number of fused-ring (bicyclic) bond motifs is 1. The van der Waals surface area contributed by atoms with Crippen LogP contribution >= 0.6 is 11.6 Å². The lowest BCUT2D eigenvalue weighted by atomic mass is 10.1. The number of benzene rings is 2. The van der Waals surface area contributed by atoms with E-state index in [1.165, 1.54) is 16.8 Å². The molecule has 1 aliphatic heterocycles.